The first-order valence-corrected chi connectivity index (χ1v) is 5.83. The summed E-state index contributed by atoms with van der Waals surface area (Å²) in [5.41, 5.74) is 5.40. The van der Waals surface area contributed by atoms with Gasteiger partial charge in [-0.3, -0.25) is 0 Å². The molecule has 1 rings (SSSR count). The molecule has 0 fully saturated rings. The summed E-state index contributed by atoms with van der Waals surface area (Å²) in [5, 5.41) is 4.28. The highest BCUT2D eigenvalue weighted by Gasteiger charge is 2.12. The van der Waals surface area contributed by atoms with Gasteiger partial charge in [0.05, 0.1) is 0 Å². The minimum atomic E-state index is -0.845. The second-order valence-corrected chi connectivity index (χ2v) is 6.57. The van der Waals surface area contributed by atoms with Crippen molar-refractivity contribution in [3.05, 3.63) is 23.0 Å². The van der Waals surface area contributed by atoms with Crippen molar-refractivity contribution < 1.29 is 0 Å². The second kappa shape index (κ2) is 2.82. The molecule has 0 radical (unpaired) electrons. The molecular weight excluding hydrogens is 150 g/mol. The van der Waals surface area contributed by atoms with E-state index in [1.165, 1.54) is 0 Å². The normalized spacial score (nSPS) is 24.7. The van der Waals surface area contributed by atoms with Gasteiger partial charge < -0.3 is 5.73 Å². The monoisotopic (exact) mass is 161 g/mol. The van der Waals surface area contributed by atoms with Crippen LogP contribution in [-0.2, 0) is 0 Å². The molecule has 0 aromatic rings. The first kappa shape index (κ1) is 7.25. The first-order chi connectivity index (χ1) is 4.27. The van der Waals surface area contributed by atoms with E-state index < -0.39 is 9.06 Å². The lowest BCUT2D eigenvalue weighted by atomic mass is 10.6. The number of hydrogen-bond donors (Lipinski definition) is 2. The molecule has 0 unspecified atom stereocenters. The Bertz CT molecular complexity index is 139. The molecule has 2 N–H and O–H groups in total. The van der Waals surface area contributed by atoms with Crippen LogP contribution in [0, 0.1) is 0 Å². The SMILES string of the molecule is NCCS1(S)C=CC=C1. The van der Waals surface area contributed by atoms with Crippen molar-refractivity contribution in [2.45, 2.75) is 0 Å². The highest BCUT2D eigenvalue weighted by atomic mass is 33.1. The second-order valence-electron chi connectivity index (χ2n) is 1.96. The maximum absolute atomic E-state index is 5.40. The average molecular weight is 161 g/mol. The molecule has 0 saturated carbocycles. The van der Waals surface area contributed by atoms with E-state index in [1.54, 1.807) is 0 Å². The van der Waals surface area contributed by atoms with Crippen LogP contribution in [0.1, 0.15) is 0 Å². The van der Waals surface area contributed by atoms with Crippen LogP contribution in [0.3, 0.4) is 0 Å². The van der Waals surface area contributed by atoms with Crippen molar-refractivity contribution >= 4 is 20.7 Å². The van der Waals surface area contributed by atoms with Gasteiger partial charge in [0.2, 0.25) is 0 Å². The summed E-state index contributed by atoms with van der Waals surface area (Å²) in [4.78, 5) is 0. The summed E-state index contributed by atoms with van der Waals surface area (Å²) in [6.45, 7) is 0.730. The van der Waals surface area contributed by atoms with Crippen LogP contribution in [-0.4, -0.2) is 12.3 Å². The maximum atomic E-state index is 5.40. The summed E-state index contributed by atoms with van der Waals surface area (Å²) in [7, 11) is -0.845. The lowest BCUT2D eigenvalue weighted by molar-refractivity contribution is 1.15. The van der Waals surface area contributed by atoms with E-state index in [-0.39, 0.29) is 0 Å². The zero-order chi connectivity index (χ0) is 6.74. The van der Waals surface area contributed by atoms with Crippen LogP contribution in [0.15, 0.2) is 23.0 Å². The van der Waals surface area contributed by atoms with Crippen LogP contribution >= 0.6 is 20.7 Å². The average Bonchev–Trinajstić information content (AvgIpc) is 2.16. The van der Waals surface area contributed by atoms with Crippen LogP contribution in [0.25, 0.3) is 0 Å². The first-order valence-electron chi connectivity index (χ1n) is 2.85. The van der Waals surface area contributed by atoms with Crippen LogP contribution in [0.4, 0.5) is 0 Å². The summed E-state index contributed by atoms with van der Waals surface area (Å²) in [5.74, 6) is 1.00. The Morgan fingerprint density at radius 1 is 1.33 bits per heavy atom. The summed E-state index contributed by atoms with van der Waals surface area (Å²) < 4.78 is 0. The highest BCUT2D eigenvalue weighted by molar-refractivity contribution is 8.90. The van der Waals surface area contributed by atoms with Gasteiger partial charge in [0, 0.05) is 12.3 Å². The molecule has 52 valence electrons. The summed E-state index contributed by atoms with van der Waals surface area (Å²) in [6.07, 6.45) is 4.08. The molecule has 0 saturated heterocycles. The smallest absolute Gasteiger partial charge is 0.00504 e. The molecule has 3 heteroatoms. The van der Waals surface area contributed by atoms with Crippen LogP contribution in [0.2, 0.25) is 0 Å². The van der Waals surface area contributed by atoms with Gasteiger partial charge >= 0.3 is 0 Å². The van der Waals surface area contributed by atoms with Gasteiger partial charge in [0.15, 0.2) is 0 Å². The fraction of sp³-hybridized carbons (Fsp3) is 0.333. The van der Waals surface area contributed by atoms with Crippen molar-refractivity contribution in [2.24, 2.45) is 5.73 Å². The lowest BCUT2D eigenvalue weighted by Gasteiger charge is -2.22. The van der Waals surface area contributed by atoms with Gasteiger partial charge in [0.1, 0.15) is 0 Å². The zero-order valence-corrected chi connectivity index (χ0v) is 6.87. The molecular formula is C6H11NS2. The predicted molar refractivity (Wildman–Crippen MR) is 48.8 cm³/mol. The van der Waals surface area contributed by atoms with Crippen LogP contribution < -0.4 is 5.73 Å². The third kappa shape index (κ3) is 1.78. The minimum absolute atomic E-state index is 0.730. The minimum Gasteiger partial charge on any atom is -0.330 e. The fourth-order valence-corrected chi connectivity index (χ4v) is 2.94. The fourth-order valence-electron chi connectivity index (χ4n) is 0.733. The van der Waals surface area contributed by atoms with Gasteiger partial charge in [-0.15, -0.1) is 11.7 Å². The molecule has 0 aromatic carbocycles. The molecule has 0 atom stereocenters. The quantitative estimate of drug-likeness (QED) is 0.467. The Hall–Kier alpha value is 0.140. The summed E-state index contributed by atoms with van der Waals surface area (Å²) in [6, 6.07) is 0. The maximum Gasteiger partial charge on any atom is 0.00504 e. The molecule has 0 amide bonds. The Kier molecular flexibility index (Phi) is 2.27. The van der Waals surface area contributed by atoms with Crippen molar-refractivity contribution in [3.63, 3.8) is 0 Å². The number of thiol groups is 1. The number of hydrogen-bond acceptors (Lipinski definition) is 2. The van der Waals surface area contributed by atoms with E-state index in [1.807, 2.05) is 12.2 Å². The lowest BCUT2D eigenvalue weighted by Crippen LogP contribution is -2.06. The molecule has 1 heterocycles. The van der Waals surface area contributed by atoms with Gasteiger partial charge in [-0.05, 0) is 10.8 Å². The van der Waals surface area contributed by atoms with E-state index in [4.69, 9.17) is 5.73 Å². The molecule has 0 bridgehead atoms. The molecule has 1 aliphatic heterocycles. The zero-order valence-electron chi connectivity index (χ0n) is 5.16. The van der Waals surface area contributed by atoms with Gasteiger partial charge in [-0.25, -0.2) is 0 Å². The Morgan fingerprint density at radius 3 is 2.33 bits per heavy atom. The van der Waals surface area contributed by atoms with E-state index in [2.05, 4.69) is 22.5 Å². The summed E-state index contributed by atoms with van der Waals surface area (Å²) >= 11 is 4.49. The molecule has 0 spiro atoms. The molecule has 0 aliphatic carbocycles. The van der Waals surface area contributed by atoms with Gasteiger partial charge in [-0.2, -0.15) is 9.06 Å². The third-order valence-corrected chi connectivity index (χ3v) is 4.61. The van der Waals surface area contributed by atoms with Crippen LogP contribution in [0.5, 0.6) is 0 Å². The predicted octanol–water partition coefficient (Wildman–Crippen LogP) is 1.64. The van der Waals surface area contributed by atoms with E-state index in [0.717, 1.165) is 12.3 Å². The highest BCUT2D eigenvalue weighted by Crippen LogP contribution is 2.57. The van der Waals surface area contributed by atoms with Crippen molar-refractivity contribution in [1.29, 1.82) is 0 Å². The third-order valence-electron chi connectivity index (χ3n) is 1.18. The number of nitrogens with two attached hydrogens (primary N) is 1. The van der Waals surface area contributed by atoms with E-state index in [0.29, 0.717) is 0 Å². The molecule has 1 aliphatic rings. The Balaban J connectivity index is 2.53. The molecule has 9 heavy (non-hydrogen) atoms. The van der Waals surface area contributed by atoms with Crippen molar-refractivity contribution in [3.8, 4) is 0 Å². The van der Waals surface area contributed by atoms with E-state index >= 15 is 0 Å². The number of allylic oxidation sites excluding steroid dienone is 2. The van der Waals surface area contributed by atoms with Gasteiger partial charge in [-0.1, -0.05) is 12.2 Å². The Morgan fingerprint density at radius 2 is 1.89 bits per heavy atom. The van der Waals surface area contributed by atoms with E-state index in [9.17, 15) is 0 Å². The largest absolute Gasteiger partial charge is 0.330 e. The topological polar surface area (TPSA) is 26.0 Å². The Labute approximate surface area is 62.1 Å². The molecule has 1 nitrogen and oxygen atoms in total. The van der Waals surface area contributed by atoms with Crippen molar-refractivity contribution in [1.82, 2.24) is 0 Å². The molecule has 0 aromatic heterocycles. The number of rotatable bonds is 2. The van der Waals surface area contributed by atoms with Crippen molar-refractivity contribution in [2.75, 3.05) is 12.3 Å². The standard InChI is InChI=1S/C6H11NS2/c7-3-6-9(8)4-1-2-5-9/h1-2,4-5,8H,3,6-7H2. The van der Waals surface area contributed by atoms with Gasteiger partial charge in [0.25, 0.3) is 0 Å².